The van der Waals surface area contributed by atoms with Gasteiger partial charge in [0.25, 0.3) is 0 Å². The van der Waals surface area contributed by atoms with Crippen molar-refractivity contribution >= 4 is 0 Å². The third-order valence-corrected chi connectivity index (χ3v) is 4.71. The number of nitrogens with one attached hydrogen (secondary N) is 1. The molecule has 0 amide bonds. The predicted molar refractivity (Wildman–Crippen MR) is 80.3 cm³/mol. The Morgan fingerprint density at radius 3 is 2.47 bits per heavy atom. The molecule has 0 aliphatic heterocycles. The lowest BCUT2D eigenvalue weighted by molar-refractivity contribution is 0.117. The maximum atomic E-state index is 9.26. The largest absolute Gasteiger partial charge is 0.395 e. The summed E-state index contributed by atoms with van der Waals surface area (Å²) in [7, 11) is 0. The maximum absolute atomic E-state index is 9.26. The van der Waals surface area contributed by atoms with Crippen molar-refractivity contribution in [3.63, 3.8) is 0 Å². The van der Waals surface area contributed by atoms with Crippen LogP contribution in [0.3, 0.4) is 0 Å². The van der Waals surface area contributed by atoms with Crippen LogP contribution in [-0.4, -0.2) is 48.8 Å². The summed E-state index contributed by atoms with van der Waals surface area (Å²) < 4.78 is 0. The van der Waals surface area contributed by atoms with Crippen molar-refractivity contribution in [1.82, 2.24) is 10.2 Å². The van der Waals surface area contributed by atoms with Crippen molar-refractivity contribution in [2.75, 3.05) is 32.8 Å². The number of aliphatic hydroxyl groups excluding tert-OH is 1. The molecule has 0 unspecified atom stereocenters. The molecule has 0 saturated heterocycles. The van der Waals surface area contributed by atoms with Crippen LogP contribution in [0.15, 0.2) is 0 Å². The Hall–Kier alpha value is -0.120. The summed E-state index contributed by atoms with van der Waals surface area (Å²) in [6.45, 7) is 9.23. The Labute approximate surface area is 118 Å². The minimum atomic E-state index is 0.312. The molecule has 0 aromatic heterocycles. The molecule has 2 fully saturated rings. The molecule has 3 heteroatoms. The van der Waals surface area contributed by atoms with Gasteiger partial charge in [0.15, 0.2) is 0 Å². The van der Waals surface area contributed by atoms with Gasteiger partial charge in [-0.05, 0) is 43.6 Å². The molecule has 0 atom stereocenters. The summed E-state index contributed by atoms with van der Waals surface area (Å²) in [6, 6.07) is 0.773. The van der Waals surface area contributed by atoms with E-state index < -0.39 is 0 Å². The molecule has 2 N–H and O–H groups in total. The van der Waals surface area contributed by atoms with Crippen LogP contribution >= 0.6 is 0 Å². The van der Waals surface area contributed by atoms with Crippen molar-refractivity contribution in [2.45, 2.75) is 58.4 Å². The highest BCUT2D eigenvalue weighted by Gasteiger charge is 2.39. The highest BCUT2D eigenvalue weighted by molar-refractivity contribution is 4.94. The van der Waals surface area contributed by atoms with E-state index in [0.29, 0.717) is 12.0 Å². The van der Waals surface area contributed by atoms with E-state index in [1.54, 1.807) is 0 Å². The fraction of sp³-hybridized carbons (Fsp3) is 1.00. The smallest absolute Gasteiger partial charge is 0.0558 e. The molecule has 2 aliphatic rings. The van der Waals surface area contributed by atoms with E-state index in [1.807, 2.05) is 0 Å². The second-order valence-electron chi connectivity index (χ2n) is 7.16. The van der Waals surface area contributed by atoms with Gasteiger partial charge in [-0.25, -0.2) is 0 Å². The van der Waals surface area contributed by atoms with Crippen molar-refractivity contribution in [2.24, 2.45) is 11.3 Å². The monoisotopic (exact) mass is 268 g/mol. The molecule has 0 aromatic carbocycles. The highest BCUT2D eigenvalue weighted by Crippen LogP contribution is 2.40. The number of rotatable bonds is 9. The molecule has 0 bridgehead atoms. The first-order valence-electron chi connectivity index (χ1n) is 8.21. The van der Waals surface area contributed by atoms with Gasteiger partial charge in [0, 0.05) is 25.7 Å². The molecule has 19 heavy (non-hydrogen) atoms. The Balaban J connectivity index is 1.86. The lowest BCUT2D eigenvalue weighted by Gasteiger charge is -2.36. The van der Waals surface area contributed by atoms with E-state index in [-0.39, 0.29) is 0 Å². The fourth-order valence-electron chi connectivity index (χ4n) is 3.53. The first kappa shape index (κ1) is 15.3. The van der Waals surface area contributed by atoms with Crippen LogP contribution in [0.4, 0.5) is 0 Å². The molecular formula is C16H32N2O. The van der Waals surface area contributed by atoms with Crippen molar-refractivity contribution < 1.29 is 5.11 Å². The van der Waals surface area contributed by atoms with Gasteiger partial charge in [0.1, 0.15) is 0 Å². The minimum absolute atomic E-state index is 0.312. The molecule has 2 rings (SSSR count). The second kappa shape index (κ2) is 7.05. The van der Waals surface area contributed by atoms with Gasteiger partial charge in [-0.1, -0.05) is 26.7 Å². The van der Waals surface area contributed by atoms with Crippen LogP contribution < -0.4 is 5.32 Å². The minimum Gasteiger partial charge on any atom is -0.395 e. The van der Waals surface area contributed by atoms with Crippen LogP contribution in [0, 0.1) is 11.3 Å². The van der Waals surface area contributed by atoms with Crippen molar-refractivity contribution in [3.05, 3.63) is 0 Å². The quantitative estimate of drug-likeness (QED) is 0.673. The van der Waals surface area contributed by atoms with Gasteiger partial charge >= 0.3 is 0 Å². The van der Waals surface area contributed by atoms with Gasteiger partial charge in [-0.15, -0.1) is 0 Å². The normalized spacial score (nSPS) is 22.6. The van der Waals surface area contributed by atoms with Gasteiger partial charge < -0.3 is 10.4 Å². The lowest BCUT2D eigenvalue weighted by Crippen LogP contribution is -2.45. The maximum Gasteiger partial charge on any atom is 0.0558 e. The standard InChI is InChI=1S/C16H32N2O/c1-14(2)11-17-12-16(7-3-4-8-16)13-18(9-10-19)15-5-6-15/h14-15,17,19H,3-13H2,1-2H3. The third kappa shape index (κ3) is 4.73. The SMILES string of the molecule is CC(C)CNCC1(CN(CCO)C2CC2)CCCC1. The van der Waals surface area contributed by atoms with E-state index >= 15 is 0 Å². The fourth-order valence-corrected chi connectivity index (χ4v) is 3.53. The van der Waals surface area contributed by atoms with Crippen molar-refractivity contribution in [3.8, 4) is 0 Å². The van der Waals surface area contributed by atoms with E-state index in [4.69, 9.17) is 0 Å². The molecule has 0 radical (unpaired) electrons. The Bertz CT molecular complexity index is 257. The second-order valence-corrected chi connectivity index (χ2v) is 7.16. The molecule has 0 heterocycles. The van der Waals surface area contributed by atoms with E-state index in [2.05, 4.69) is 24.1 Å². The number of hydrogen-bond acceptors (Lipinski definition) is 3. The molecule has 2 aliphatic carbocycles. The van der Waals surface area contributed by atoms with Crippen LogP contribution in [0.25, 0.3) is 0 Å². The van der Waals surface area contributed by atoms with Crippen LogP contribution in [0.2, 0.25) is 0 Å². The number of aliphatic hydroxyl groups is 1. The zero-order chi connectivity index (χ0) is 13.7. The van der Waals surface area contributed by atoms with Gasteiger partial charge in [-0.3, -0.25) is 4.90 Å². The van der Waals surface area contributed by atoms with Crippen LogP contribution in [0.1, 0.15) is 52.4 Å². The first-order chi connectivity index (χ1) is 9.15. The summed E-state index contributed by atoms with van der Waals surface area (Å²) in [6.07, 6.45) is 8.20. The van der Waals surface area contributed by atoms with Crippen molar-refractivity contribution in [1.29, 1.82) is 0 Å². The topological polar surface area (TPSA) is 35.5 Å². The Morgan fingerprint density at radius 2 is 1.95 bits per heavy atom. The number of nitrogens with zero attached hydrogens (tertiary/aromatic N) is 1. The molecule has 112 valence electrons. The predicted octanol–water partition coefficient (Wildman–Crippen LogP) is 2.25. The molecule has 0 aromatic rings. The van der Waals surface area contributed by atoms with E-state index in [1.165, 1.54) is 51.6 Å². The average Bonchev–Trinajstić information content (AvgIpc) is 3.11. The first-order valence-corrected chi connectivity index (χ1v) is 8.21. The van der Waals surface area contributed by atoms with Gasteiger partial charge in [-0.2, -0.15) is 0 Å². The molecular weight excluding hydrogens is 236 g/mol. The van der Waals surface area contributed by atoms with Crippen LogP contribution in [-0.2, 0) is 0 Å². The Morgan fingerprint density at radius 1 is 1.26 bits per heavy atom. The molecule has 0 spiro atoms. The third-order valence-electron chi connectivity index (χ3n) is 4.71. The van der Waals surface area contributed by atoms with Gasteiger partial charge in [0.2, 0.25) is 0 Å². The summed E-state index contributed by atoms with van der Waals surface area (Å²) in [5.74, 6) is 0.732. The zero-order valence-electron chi connectivity index (χ0n) is 12.8. The molecule has 2 saturated carbocycles. The molecule has 3 nitrogen and oxygen atoms in total. The van der Waals surface area contributed by atoms with E-state index in [9.17, 15) is 5.11 Å². The average molecular weight is 268 g/mol. The summed E-state index contributed by atoms with van der Waals surface area (Å²) in [4.78, 5) is 2.56. The summed E-state index contributed by atoms with van der Waals surface area (Å²) >= 11 is 0. The zero-order valence-corrected chi connectivity index (χ0v) is 12.8. The summed E-state index contributed by atoms with van der Waals surface area (Å²) in [5, 5.41) is 12.9. The Kier molecular flexibility index (Phi) is 5.67. The number of hydrogen-bond donors (Lipinski definition) is 2. The van der Waals surface area contributed by atoms with Crippen LogP contribution in [0.5, 0.6) is 0 Å². The summed E-state index contributed by atoms with van der Waals surface area (Å²) in [5.41, 5.74) is 0.479. The van der Waals surface area contributed by atoms with E-state index in [0.717, 1.165) is 25.0 Å². The van der Waals surface area contributed by atoms with Gasteiger partial charge in [0.05, 0.1) is 6.61 Å². The highest BCUT2D eigenvalue weighted by atomic mass is 16.3. The lowest BCUT2D eigenvalue weighted by atomic mass is 9.85.